The number of hydrogen-bond acceptors (Lipinski definition) is 16. The van der Waals surface area contributed by atoms with Gasteiger partial charge in [-0.25, -0.2) is 0 Å². The molecule has 2 aliphatic rings. The second kappa shape index (κ2) is 37.4. The zero-order chi connectivity index (χ0) is 55.8. The molecule has 3 rings (SSSR count). The summed E-state index contributed by atoms with van der Waals surface area (Å²) in [7, 11) is 2.00. The lowest BCUT2D eigenvalue weighted by Gasteiger charge is -2.29. The molecule has 14 N–H and O–H groups in total. The maximum absolute atomic E-state index is 13.6. The first kappa shape index (κ1) is 67.7. The van der Waals surface area contributed by atoms with Crippen molar-refractivity contribution in [2.45, 2.75) is 167 Å². The highest BCUT2D eigenvalue weighted by Gasteiger charge is 2.39. The quantitative estimate of drug-likeness (QED) is 0.0815. The van der Waals surface area contributed by atoms with Crippen LogP contribution in [0.15, 0.2) is 24.3 Å². The highest BCUT2D eigenvalue weighted by atomic mass is 16.3. The molecule has 7 amide bonds. The lowest BCUT2D eigenvalue weighted by Crippen LogP contribution is -2.55. The van der Waals surface area contributed by atoms with E-state index in [2.05, 4.69) is 47.8 Å². The Balaban J connectivity index is 0.00000608. The van der Waals surface area contributed by atoms with E-state index in [1.807, 2.05) is 0 Å². The number of fused-ring (bicyclic) bond motifs is 1. The number of hydrogen-bond donors (Lipinski definition) is 13. The van der Waals surface area contributed by atoms with Crippen molar-refractivity contribution >= 4 is 47.1 Å². The predicted octanol–water partition coefficient (Wildman–Crippen LogP) is -0.620. The summed E-state index contributed by atoms with van der Waals surface area (Å²) in [6.45, 7) is 6.97. The molecule has 2 saturated heterocycles. The minimum Gasteiger partial charge on any atom is -0.508 e. The molecule has 3 unspecified atom stereocenters. The van der Waals surface area contributed by atoms with Crippen molar-refractivity contribution in [1.29, 1.82) is 0 Å². The maximum Gasteiger partial charge on any atom is 0.244 e. The predicted molar refractivity (Wildman–Crippen MR) is 269 cm³/mol. The van der Waals surface area contributed by atoms with Crippen molar-refractivity contribution < 1.29 is 79.2 Å². The average molecular weight is 1040 g/mol. The van der Waals surface area contributed by atoms with E-state index in [-0.39, 0.29) is 36.6 Å². The number of aromatic hydroxyl groups is 1. The molecule has 418 valence electrons. The summed E-state index contributed by atoms with van der Waals surface area (Å²) in [5.41, 5.74) is 4.56. The normalized spacial score (nSPS) is 22.5. The number of rotatable bonds is 18. The molecule has 10 atom stereocenters. The molecule has 2 aliphatic heterocycles. The second-order valence-corrected chi connectivity index (χ2v) is 18.7. The van der Waals surface area contributed by atoms with Crippen LogP contribution in [0, 0.1) is 17.8 Å². The van der Waals surface area contributed by atoms with E-state index in [4.69, 9.17) is 10.2 Å². The Morgan fingerprint density at radius 1 is 0.808 bits per heavy atom. The number of nitrogens with one attached hydrogen (secondary N) is 4. The van der Waals surface area contributed by atoms with Gasteiger partial charge in [0.2, 0.25) is 41.4 Å². The Labute approximate surface area is 429 Å². The number of primary amides is 1. The molecule has 23 nitrogen and oxygen atoms in total. The topological polar surface area (TPSA) is 379 Å². The molecule has 1 aromatic rings. The molecule has 0 bridgehead atoms. The van der Waals surface area contributed by atoms with Crippen molar-refractivity contribution in [3.05, 3.63) is 29.8 Å². The van der Waals surface area contributed by atoms with Crippen LogP contribution in [0.5, 0.6) is 5.75 Å². The third-order valence-electron chi connectivity index (χ3n) is 12.3. The van der Waals surface area contributed by atoms with Crippen LogP contribution in [0.4, 0.5) is 0 Å². The number of benzene rings is 1. The zero-order valence-corrected chi connectivity index (χ0v) is 43.8. The van der Waals surface area contributed by atoms with Crippen LogP contribution in [0.1, 0.15) is 136 Å². The van der Waals surface area contributed by atoms with Crippen molar-refractivity contribution in [3.63, 3.8) is 0 Å². The first-order chi connectivity index (χ1) is 34.5. The van der Waals surface area contributed by atoms with Gasteiger partial charge in [0.1, 0.15) is 30.0 Å². The number of unbranched alkanes of at least 4 members (excludes halogenated alkanes) is 5. The third-order valence-corrected chi connectivity index (χ3v) is 12.3. The second-order valence-electron chi connectivity index (χ2n) is 18.7. The van der Waals surface area contributed by atoms with Crippen LogP contribution in [-0.4, -0.2) is 181 Å². The van der Waals surface area contributed by atoms with E-state index in [9.17, 15) is 69.0 Å². The van der Waals surface area contributed by atoms with E-state index in [0.29, 0.717) is 18.8 Å². The summed E-state index contributed by atoms with van der Waals surface area (Å²) >= 11 is 0. The number of β-amino-alcohol motifs (C(OH)–C–C–N with tert-alkyl or cyclic N) is 1. The summed E-state index contributed by atoms with van der Waals surface area (Å²) in [5.74, 6) is -6.49. The largest absolute Gasteiger partial charge is 0.508 e. The van der Waals surface area contributed by atoms with Crippen LogP contribution in [-0.2, 0) is 38.4 Å². The van der Waals surface area contributed by atoms with Gasteiger partial charge in [-0.15, -0.1) is 0 Å². The van der Waals surface area contributed by atoms with Gasteiger partial charge in [0, 0.05) is 53.5 Å². The first-order valence-corrected chi connectivity index (χ1v) is 25.1. The van der Waals surface area contributed by atoms with Crippen LogP contribution in [0.3, 0.4) is 0 Å². The van der Waals surface area contributed by atoms with Crippen LogP contribution in [0.25, 0.3) is 0 Å². The van der Waals surface area contributed by atoms with Crippen molar-refractivity contribution in [3.8, 4) is 5.75 Å². The highest BCUT2D eigenvalue weighted by Crippen LogP contribution is 2.27. The summed E-state index contributed by atoms with van der Waals surface area (Å²) < 4.78 is 0. The molecule has 73 heavy (non-hydrogen) atoms. The van der Waals surface area contributed by atoms with Crippen LogP contribution >= 0.6 is 0 Å². The van der Waals surface area contributed by atoms with Crippen molar-refractivity contribution in [2.24, 2.45) is 23.5 Å². The summed E-state index contributed by atoms with van der Waals surface area (Å²) in [5, 5.41) is 87.8. The molecule has 2 heterocycles. The average Bonchev–Trinajstić information content (AvgIpc) is 3.85. The molecule has 2 fully saturated rings. The van der Waals surface area contributed by atoms with Gasteiger partial charge in [-0.1, -0.05) is 77.8 Å². The zero-order valence-electron chi connectivity index (χ0n) is 43.8. The number of phenolic OH excluding ortho intramolecular Hbond substituents is 1. The van der Waals surface area contributed by atoms with E-state index in [1.54, 1.807) is 0 Å². The molecule has 0 aliphatic carbocycles. The number of nitrogens with zero attached hydrogens (tertiary/aromatic N) is 2. The summed E-state index contributed by atoms with van der Waals surface area (Å²) in [6, 6.07) is 2.44. The highest BCUT2D eigenvalue weighted by molar-refractivity contribution is 5.95. The molecule has 0 spiro atoms. The van der Waals surface area contributed by atoms with Gasteiger partial charge in [0.25, 0.3) is 0 Å². The number of ketones is 1. The fourth-order valence-electron chi connectivity index (χ4n) is 8.35. The van der Waals surface area contributed by atoms with E-state index in [0.717, 1.165) is 62.0 Å². The van der Waals surface area contributed by atoms with Gasteiger partial charge in [-0.05, 0) is 62.1 Å². The standard InChI is InChI=1S/C46H74N6O13.C2H5NO.2CH4O/c1-5-28(2)21-29(3)13-10-8-6-7-9-11-15-38(57)49-35-23-37(56)46(65)50-45(64)36-14-12-20-52(36)40(59)25-47-43(62)34(42(61)41(60)31-16-18-32(54)19-17-31)22-33(55)27-51(26-30(4)53)39(58)24-48-44(35)63;1-2(3)4;2*1-2/h16-19,28-30,34-37,41-42,46,53-54,56,60-61,65H,5-15,20-27H2,1-4H3,(H,47,62)(H,48,63)(H,49,57)(H,50,64);1H3,(H2,3,4);2*2H,1H3/t28?,29?,30-,34+,35+,36+,37-,41?,42+,46-;;;/m1.../s1. The lowest BCUT2D eigenvalue weighted by atomic mass is 9.88. The maximum atomic E-state index is 13.6. The Morgan fingerprint density at radius 3 is 1.96 bits per heavy atom. The number of Topliss-reactive ketones (excluding diaryl/α,β-unsaturated/α-hetero) is 1. The van der Waals surface area contributed by atoms with E-state index >= 15 is 0 Å². The van der Waals surface area contributed by atoms with Gasteiger partial charge >= 0.3 is 0 Å². The molecular formula is C50H87N7O16. The number of carbonyl (C=O) groups is 8. The van der Waals surface area contributed by atoms with E-state index < -0.39 is 129 Å². The first-order valence-electron chi connectivity index (χ1n) is 25.1. The number of carbonyl (C=O) groups excluding carboxylic acids is 8. The summed E-state index contributed by atoms with van der Waals surface area (Å²) in [4.78, 5) is 106. The van der Waals surface area contributed by atoms with Gasteiger partial charge in [-0.3, -0.25) is 38.4 Å². The SMILES string of the molecule is CC(N)=O.CCC(C)CC(C)CCCCCCCCC(=O)N[C@H]1C[C@@H](O)[C@@H](O)NC(=O)[C@@H]2CCCN2C(=O)CNC(=O)[C@H]([C@H](O)C(O)c2ccc(O)cc2)CC(=O)CN(C[C@@H](C)O)C(=O)CNC1=O.CO.CO. The van der Waals surface area contributed by atoms with Gasteiger partial charge in [0.15, 0.2) is 12.0 Å². The van der Waals surface area contributed by atoms with Gasteiger partial charge in [-0.2, -0.15) is 0 Å². The number of phenols is 1. The van der Waals surface area contributed by atoms with Gasteiger partial charge in [0.05, 0.1) is 37.8 Å². The Morgan fingerprint density at radius 2 is 1.37 bits per heavy atom. The molecule has 0 aromatic heterocycles. The minimum absolute atomic E-state index is 0.0544. The number of nitrogens with two attached hydrogens (primary N) is 1. The monoisotopic (exact) mass is 1040 g/mol. The summed E-state index contributed by atoms with van der Waals surface area (Å²) in [6.07, 6.45) is -0.342. The number of aliphatic hydroxyl groups excluding tert-OH is 7. The number of amides is 7. The minimum atomic E-state index is -1.96. The Bertz CT molecular complexity index is 1820. The fraction of sp³-hybridized carbons (Fsp3) is 0.720. The smallest absolute Gasteiger partial charge is 0.244 e. The number of aliphatic hydroxyl groups is 7. The lowest BCUT2D eigenvalue weighted by molar-refractivity contribution is -0.143. The Kier molecular flexibility index (Phi) is 34.7. The van der Waals surface area contributed by atoms with Crippen LogP contribution in [0.2, 0.25) is 0 Å². The van der Waals surface area contributed by atoms with Gasteiger partial charge < -0.3 is 77.7 Å². The van der Waals surface area contributed by atoms with E-state index in [1.165, 1.54) is 57.4 Å². The molecule has 0 saturated carbocycles. The molecule has 1 aromatic carbocycles. The molecular weight excluding hydrogens is 955 g/mol. The fourth-order valence-corrected chi connectivity index (χ4v) is 8.35. The third kappa shape index (κ3) is 27.0. The Hall–Kier alpha value is -5.30. The molecule has 23 heteroatoms. The van der Waals surface area contributed by atoms with Crippen molar-refractivity contribution in [1.82, 2.24) is 31.1 Å². The van der Waals surface area contributed by atoms with Crippen molar-refractivity contribution in [2.75, 3.05) is 46.9 Å². The molecule has 0 radical (unpaired) electrons. The van der Waals surface area contributed by atoms with Crippen LogP contribution < -0.4 is 27.0 Å².